The van der Waals surface area contributed by atoms with Crippen LogP contribution in [0.15, 0.2) is 48.5 Å². The van der Waals surface area contributed by atoms with E-state index in [1.807, 2.05) is 0 Å². The van der Waals surface area contributed by atoms with Gasteiger partial charge in [0.25, 0.3) is 0 Å². The first-order valence-electron chi connectivity index (χ1n) is 8.00. The number of carboxylic acids is 1. The fourth-order valence-electron chi connectivity index (χ4n) is 2.74. The summed E-state index contributed by atoms with van der Waals surface area (Å²) in [7, 11) is 0. The minimum Gasteiger partial charge on any atom is -0.478 e. The number of ether oxygens (including phenoxy) is 1. The van der Waals surface area contributed by atoms with Gasteiger partial charge in [0.1, 0.15) is 5.69 Å². The number of nitrogens with one attached hydrogen (secondary N) is 1. The molecule has 2 aromatic carbocycles. The number of carbonyl (C=O) groups is 2. The summed E-state index contributed by atoms with van der Waals surface area (Å²) in [6.45, 7) is 1.92. The number of H-pyrrole nitrogens is 1. The zero-order valence-electron chi connectivity index (χ0n) is 14.0. The van der Waals surface area contributed by atoms with E-state index in [2.05, 4.69) is 4.98 Å². The average Bonchev–Trinajstić information content (AvgIpc) is 2.97. The number of esters is 1. The first kappa shape index (κ1) is 17.8. The van der Waals surface area contributed by atoms with E-state index in [1.165, 1.54) is 6.08 Å². The lowest BCUT2D eigenvalue weighted by molar-refractivity contribution is -0.130. The maximum Gasteiger partial charge on any atom is 0.355 e. The molecule has 0 amide bonds. The Balaban J connectivity index is 2.26. The molecule has 0 fully saturated rings. The van der Waals surface area contributed by atoms with Crippen LogP contribution in [-0.2, 0) is 9.53 Å². The van der Waals surface area contributed by atoms with Gasteiger partial charge in [0.2, 0.25) is 0 Å². The molecule has 0 spiro atoms. The maximum atomic E-state index is 12.3. The summed E-state index contributed by atoms with van der Waals surface area (Å²) in [6, 6.07) is 13.8. The van der Waals surface area contributed by atoms with Crippen LogP contribution in [0.25, 0.3) is 22.6 Å². The fraction of sp³-hybridized carbons (Fsp3) is 0.100. The molecule has 2 N–H and O–H groups in total. The number of hydrogen-bond acceptors (Lipinski definition) is 3. The number of fused-ring (bicyclic) bond motifs is 1. The van der Waals surface area contributed by atoms with E-state index in [0.29, 0.717) is 27.1 Å². The Morgan fingerprint density at radius 2 is 1.92 bits per heavy atom. The summed E-state index contributed by atoms with van der Waals surface area (Å²) in [5.74, 6) is -1.64. The number of hydrogen-bond donors (Lipinski definition) is 2. The molecule has 1 aromatic heterocycles. The van der Waals surface area contributed by atoms with Gasteiger partial charge in [-0.15, -0.1) is 0 Å². The number of aliphatic carboxylic acids is 1. The van der Waals surface area contributed by atoms with Crippen LogP contribution in [0.5, 0.6) is 0 Å². The molecule has 3 aromatic rings. The highest BCUT2D eigenvalue weighted by molar-refractivity contribution is 6.31. The van der Waals surface area contributed by atoms with E-state index >= 15 is 0 Å². The normalized spacial score (nSPS) is 11.5. The van der Waals surface area contributed by atoms with Gasteiger partial charge in [0.05, 0.1) is 12.2 Å². The van der Waals surface area contributed by atoms with E-state index in [0.717, 1.165) is 0 Å². The topological polar surface area (TPSA) is 79.4 Å². The van der Waals surface area contributed by atoms with Gasteiger partial charge in [-0.05, 0) is 30.7 Å². The van der Waals surface area contributed by atoms with Gasteiger partial charge in [0.15, 0.2) is 0 Å². The zero-order chi connectivity index (χ0) is 18.7. The Hall–Kier alpha value is -3.05. The van der Waals surface area contributed by atoms with Crippen molar-refractivity contribution in [1.29, 1.82) is 0 Å². The highest BCUT2D eigenvalue weighted by Gasteiger charge is 2.20. The number of carbonyl (C=O) groups excluding carboxylic acids is 1. The van der Waals surface area contributed by atoms with Crippen molar-refractivity contribution in [3.63, 3.8) is 0 Å². The van der Waals surface area contributed by atoms with Crippen LogP contribution in [0.1, 0.15) is 28.5 Å². The SMILES string of the molecule is CCOC(=O)c1[nH]c2cc(Cl)ccc2c1C=C(C(=O)O)c1ccccc1. The van der Waals surface area contributed by atoms with Crippen molar-refractivity contribution in [2.75, 3.05) is 6.61 Å². The molecule has 0 bridgehead atoms. The molecule has 0 saturated carbocycles. The van der Waals surface area contributed by atoms with Crippen LogP contribution >= 0.6 is 11.6 Å². The Labute approximate surface area is 154 Å². The fourth-order valence-corrected chi connectivity index (χ4v) is 2.91. The van der Waals surface area contributed by atoms with Gasteiger partial charge in [-0.3, -0.25) is 0 Å². The van der Waals surface area contributed by atoms with Crippen LogP contribution < -0.4 is 0 Å². The highest BCUT2D eigenvalue weighted by atomic mass is 35.5. The largest absolute Gasteiger partial charge is 0.478 e. The Morgan fingerprint density at radius 1 is 1.19 bits per heavy atom. The third kappa shape index (κ3) is 3.48. The lowest BCUT2D eigenvalue weighted by Crippen LogP contribution is -2.07. The van der Waals surface area contributed by atoms with E-state index in [9.17, 15) is 14.7 Å². The molecule has 0 saturated heterocycles. The van der Waals surface area contributed by atoms with Crippen molar-refractivity contribution < 1.29 is 19.4 Å². The van der Waals surface area contributed by atoms with Gasteiger partial charge < -0.3 is 14.8 Å². The van der Waals surface area contributed by atoms with Crippen LogP contribution in [0.2, 0.25) is 5.02 Å². The van der Waals surface area contributed by atoms with E-state index in [4.69, 9.17) is 16.3 Å². The smallest absolute Gasteiger partial charge is 0.355 e. The van der Waals surface area contributed by atoms with Crippen LogP contribution in [0, 0.1) is 0 Å². The standard InChI is InChI=1S/C20H16ClNO4/c1-2-26-20(25)18-16(14-9-8-13(21)10-17(14)22-18)11-15(19(23)24)12-6-4-3-5-7-12/h3-11,22H,2H2,1H3,(H,23,24). The number of aromatic amines is 1. The van der Waals surface area contributed by atoms with Crippen molar-refractivity contribution >= 4 is 46.1 Å². The van der Waals surface area contributed by atoms with Crippen molar-refractivity contribution in [2.24, 2.45) is 0 Å². The second kappa shape index (κ2) is 7.45. The minimum absolute atomic E-state index is 0.0759. The monoisotopic (exact) mass is 369 g/mol. The van der Waals surface area contributed by atoms with E-state index < -0.39 is 11.9 Å². The second-order valence-electron chi connectivity index (χ2n) is 5.55. The molecule has 0 unspecified atom stereocenters. The maximum absolute atomic E-state index is 12.3. The molecule has 0 aliphatic carbocycles. The highest BCUT2D eigenvalue weighted by Crippen LogP contribution is 2.30. The third-order valence-corrected chi connectivity index (χ3v) is 4.12. The zero-order valence-corrected chi connectivity index (χ0v) is 14.7. The number of aromatic nitrogens is 1. The molecule has 0 atom stereocenters. The molecule has 3 rings (SSSR count). The predicted molar refractivity (Wildman–Crippen MR) is 101 cm³/mol. The summed E-state index contributed by atoms with van der Waals surface area (Å²) in [6.07, 6.45) is 1.48. The van der Waals surface area contributed by atoms with Crippen molar-refractivity contribution in [1.82, 2.24) is 4.98 Å². The van der Waals surface area contributed by atoms with Gasteiger partial charge in [-0.2, -0.15) is 0 Å². The minimum atomic E-state index is -1.09. The predicted octanol–water partition coefficient (Wildman–Crippen LogP) is 4.62. The van der Waals surface area contributed by atoms with Gasteiger partial charge in [0, 0.05) is 21.5 Å². The molecule has 6 heteroatoms. The quantitative estimate of drug-likeness (QED) is 0.508. The molecular weight excluding hydrogens is 354 g/mol. The van der Waals surface area contributed by atoms with Crippen LogP contribution in [0.3, 0.4) is 0 Å². The second-order valence-corrected chi connectivity index (χ2v) is 5.99. The number of benzene rings is 2. The molecule has 0 aliphatic heterocycles. The molecule has 0 radical (unpaired) electrons. The van der Waals surface area contributed by atoms with Gasteiger partial charge >= 0.3 is 11.9 Å². The summed E-state index contributed by atoms with van der Waals surface area (Å²) in [5, 5.41) is 10.9. The Morgan fingerprint density at radius 3 is 2.58 bits per heavy atom. The summed E-state index contributed by atoms with van der Waals surface area (Å²) in [5.41, 5.74) is 1.89. The molecule has 132 valence electrons. The van der Waals surface area contributed by atoms with Crippen LogP contribution in [0.4, 0.5) is 0 Å². The summed E-state index contributed by atoms with van der Waals surface area (Å²) >= 11 is 6.03. The Bertz CT molecular complexity index is 1010. The summed E-state index contributed by atoms with van der Waals surface area (Å²) in [4.78, 5) is 27.1. The molecule has 0 aliphatic rings. The van der Waals surface area contributed by atoms with Gasteiger partial charge in [-0.25, -0.2) is 9.59 Å². The van der Waals surface area contributed by atoms with Crippen molar-refractivity contribution in [2.45, 2.75) is 6.92 Å². The van der Waals surface area contributed by atoms with E-state index in [-0.39, 0.29) is 17.9 Å². The van der Waals surface area contributed by atoms with Crippen LogP contribution in [-0.4, -0.2) is 28.6 Å². The Kier molecular flexibility index (Phi) is 5.09. The van der Waals surface area contributed by atoms with Gasteiger partial charge in [-0.1, -0.05) is 48.0 Å². The number of halogens is 1. The van der Waals surface area contributed by atoms with Crippen molar-refractivity contribution in [3.8, 4) is 0 Å². The lowest BCUT2D eigenvalue weighted by atomic mass is 10.0. The van der Waals surface area contributed by atoms with Crippen molar-refractivity contribution in [3.05, 3.63) is 70.4 Å². The number of carboxylic acid groups (broad SMARTS) is 1. The third-order valence-electron chi connectivity index (χ3n) is 3.88. The molecular formula is C20H16ClNO4. The number of rotatable bonds is 5. The summed E-state index contributed by atoms with van der Waals surface area (Å²) < 4.78 is 5.10. The molecule has 1 heterocycles. The first-order chi connectivity index (χ1) is 12.5. The molecule has 26 heavy (non-hydrogen) atoms. The lowest BCUT2D eigenvalue weighted by Gasteiger charge is -2.05. The molecule has 5 nitrogen and oxygen atoms in total. The first-order valence-corrected chi connectivity index (χ1v) is 8.37. The average molecular weight is 370 g/mol. The van der Waals surface area contributed by atoms with E-state index in [1.54, 1.807) is 55.5 Å².